The van der Waals surface area contributed by atoms with Crippen molar-refractivity contribution in [2.75, 3.05) is 46.2 Å². The highest BCUT2D eigenvalue weighted by Crippen LogP contribution is 2.38. The molecule has 0 radical (unpaired) electrons. The van der Waals surface area contributed by atoms with Crippen molar-refractivity contribution in [3.8, 4) is 28.4 Å². The lowest BCUT2D eigenvalue weighted by Crippen LogP contribution is -2.30. The summed E-state index contributed by atoms with van der Waals surface area (Å²) in [6.07, 6.45) is 4.93. The Kier molecular flexibility index (Phi) is 7.72. The smallest absolute Gasteiger partial charge is 0.435 e. The number of pyridine rings is 3. The Labute approximate surface area is 263 Å². The first-order valence-electron chi connectivity index (χ1n) is 15.2. The predicted octanol–water partition coefficient (Wildman–Crippen LogP) is 5.42. The van der Waals surface area contributed by atoms with Gasteiger partial charge in [0.15, 0.2) is 5.82 Å². The van der Waals surface area contributed by atoms with E-state index < -0.39 is 11.7 Å². The minimum Gasteiger partial charge on any atom is -0.496 e. The Balaban J connectivity index is 1.60. The van der Waals surface area contributed by atoms with Gasteiger partial charge in [-0.05, 0) is 78.9 Å². The number of rotatable bonds is 5. The fraction of sp³-hybridized carbons (Fsp3) is 0.455. The maximum atomic E-state index is 13.5. The lowest BCUT2D eigenvalue weighted by atomic mass is 9.96. The molecule has 6 heterocycles. The van der Waals surface area contributed by atoms with Crippen LogP contribution in [0.15, 0.2) is 30.6 Å². The van der Waals surface area contributed by atoms with Crippen LogP contribution >= 0.6 is 0 Å². The molecule has 0 unspecified atom stereocenters. The van der Waals surface area contributed by atoms with Gasteiger partial charge in [0, 0.05) is 44.8 Å². The quantitative estimate of drug-likeness (QED) is 0.255. The minimum absolute atomic E-state index is 0.370. The molecule has 12 nitrogen and oxygen atoms in total. The number of imidazole rings is 1. The zero-order chi connectivity index (χ0) is 32.2. The molecule has 1 fully saturated rings. The largest absolute Gasteiger partial charge is 0.496 e. The van der Waals surface area contributed by atoms with Crippen LogP contribution in [-0.2, 0) is 11.8 Å². The van der Waals surface area contributed by atoms with Crippen LogP contribution in [-0.4, -0.2) is 92.2 Å². The molecule has 1 aliphatic rings. The van der Waals surface area contributed by atoms with Crippen molar-refractivity contribution in [1.29, 1.82) is 0 Å². The fourth-order valence-corrected chi connectivity index (χ4v) is 6.09. The van der Waals surface area contributed by atoms with Crippen molar-refractivity contribution < 1.29 is 14.3 Å². The molecule has 0 N–H and O–H groups in total. The van der Waals surface area contributed by atoms with Crippen LogP contribution in [0.25, 0.3) is 44.6 Å². The molecule has 236 valence electrons. The second kappa shape index (κ2) is 11.4. The summed E-state index contributed by atoms with van der Waals surface area (Å²) in [5.74, 6) is 2.81. The molecule has 0 atom stereocenters. The monoisotopic (exact) mass is 611 g/mol. The van der Waals surface area contributed by atoms with Crippen molar-refractivity contribution >= 4 is 33.8 Å². The number of hydrogen-bond donors (Lipinski definition) is 0. The van der Waals surface area contributed by atoms with Crippen molar-refractivity contribution in [3.63, 3.8) is 0 Å². The van der Waals surface area contributed by atoms with Crippen LogP contribution in [0.5, 0.6) is 5.75 Å². The number of aromatic nitrogens is 7. The van der Waals surface area contributed by atoms with Crippen LogP contribution in [0.1, 0.15) is 51.0 Å². The van der Waals surface area contributed by atoms with Gasteiger partial charge in [0.25, 0.3) is 0 Å². The van der Waals surface area contributed by atoms with Crippen LogP contribution in [0.3, 0.4) is 0 Å². The van der Waals surface area contributed by atoms with E-state index in [9.17, 15) is 4.79 Å². The Morgan fingerprint density at radius 3 is 2.44 bits per heavy atom. The molecule has 5 aromatic heterocycles. The van der Waals surface area contributed by atoms with Crippen molar-refractivity contribution in [1.82, 2.24) is 39.2 Å². The molecular weight excluding hydrogens is 570 g/mol. The van der Waals surface area contributed by atoms with E-state index in [0.717, 1.165) is 54.2 Å². The van der Waals surface area contributed by atoms with Gasteiger partial charge >= 0.3 is 6.09 Å². The maximum absolute atomic E-state index is 13.5. The number of methoxy groups -OCH3 is 1. The van der Waals surface area contributed by atoms with Gasteiger partial charge in [0.1, 0.15) is 33.9 Å². The summed E-state index contributed by atoms with van der Waals surface area (Å²) in [5, 5.41) is 5.57. The second-order valence-electron chi connectivity index (χ2n) is 13.0. The maximum Gasteiger partial charge on any atom is 0.435 e. The molecule has 1 aliphatic heterocycles. The summed E-state index contributed by atoms with van der Waals surface area (Å²) in [6, 6.07) is 5.74. The van der Waals surface area contributed by atoms with Gasteiger partial charge in [-0.3, -0.25) is 9.97 Å². The molecule has 12 heteroatoms. The highest BCUT2D eigenvalue weighted by molar-refractivity contribution is 6.01. The summed E-state index contributed by atoms with van der Waals surface area (Å²) < 4.78 is 14.9. The molecule has 5 aromatic rings. The van der Waals surface area contributed by atoms with Crippen molar-refractivity contribution in [2.45, 2.75) is 52.1 Å². The number of piperidine rings is 1. The highest BCUT2D eigenvalue weighted by atomic mass is 16.6. The molecule has 6 rings (SSSR count). The Morgan fingerprint density at radius 1 is 1.04 bits per heavy atom. The van der Waals surface area contributed by atoms with E-state index in [1.165, 1.54) is 4.68 Å². The number of carbonyl (C=O) groups excluding carboxylic acids is 1. The SMILES string of the molecule is COc1ccncc1-c1cc2c(-c3cc4c(nc(C5CCN(C)CC5)n4C)c(N(C)C)n3)nn(C(=O)OC(C)(C)C)c2c(C)n1. The summed E-state index contributed by atoms with van der Waals surface area (Å²) >= 11 is 0. The van der Waals surface area contributed by atoms with E-state index in [1.54, 1.807) is 25.6 Å². The van der Waals surface area contributed by atoms with Crippen molar-refractivity contribution in [2.24, 2.45) is 7.05 Å². The molecule has 0 saturated carbocycles. The number of likely N-dealkylation sites (tertiary alicyclic amines) is 1. The van der Waals surface area contributed by atoms with Crippen LogP contribution < -0.4 is 9.64 Å². The van der Waals surface area contributed by atoms with E-state index in [4.69, 9.17) is 29.5 Å². The zero-order valence-electron chi connectivity index (χ0n) is 27.5. The molecule has 1 saturated heterocycles. The normalized spacial score (nSPS) is 14.8. The zero-order valence-corrected chi connectivity index (χ0v) is 27.5. The number of hydrogen-bond acceptors (Lipinski definition) is 10. The summed E-state index contributed by atoms with van der Waals surface area (Å²) in [4.78, 5) is 37.3. The molecule has 0 aliphatic carbocycles. The first kappa shape index (κ1) is 30.4. The van der Waals surface area contributed by atoms with Gasteiger partial charge < -0.3 is 23.8 Å². The third kappa shape index (κ3) is 5.58. The number of aryl methyl sites for hydroxylation is 2. The average Bonchev–Trinajstić information content (AvgIpc) is 3.55. The summed E-state index contributed by atoms with van der Waals surface area (Å²) in [5.41, 5.74) is 4.78. The van der Waals surface area contributed by atoms with E-state index in [2.05, 4.69) is 28.5 Å². The van der Waals surface area contributed by atoms with Crippen molar-refractivity contribution in [3.05, 3.63) is 42.1 Å². The third-order valence-corrected chi connectivity index (χ3v) is 8.31. The average molecular weight is 612 g/mol. The molecule has 0 bridgehead atoms. The number of anilines is 1. The van der Waals surface area contributed by atoms with Crippen LogP contribution in [0, 0.1) is 6.92 Å². The van der Waals surface area contributed by atoms with Gasteiger partial charge in [0.05, 0.1) is 35.3 Å². The van der Waals surface area contributed by atoms with Gasteiger partial charge in [0.2, 0.25) is 0 Å². The van der Waals surface area contributed by atoms with Crippen LogP contribution in [0.2, 0.25) is 0 Å². The number of carbonyl (C=O) groups is 1. The van der Waals surface area contributed by atoms with Gasteiger partial charge in [-0.1, -0.05) is 0 Å². The number of fused-ring (bicyclic) bond motifs is 2. The molecule has 45 heavy (non-hydrogen) atoms. The van der Waals surface area contributed by atoms with Crippen LogP contribution in [0.4, 0.5) is 10.6 Å². The number of ether oxygens (including phenoxy) is 2. The van der Waals surface area contributed by atoms with E-state index in [0.29, 0.717) is 45.3 Å². The fourth-order valence-electron chi connectivity index (χ4n) is 6.09. The lowest BCUT2D eigenvalue weighted by molar-refractivity contribution is 0.0522. The lowest BCUT2D eigenvalue weighted by Gasteiger charge is -2.28. The van der Waals surface area contributed by atoms with Gasteiger partial charge in [-0.2, -0.15) is 9.78 Å². The topological polar surface area (TPSA) is 116 Å². The summed E-state index contributed by atoms with van der Waals surface area (Å²) in [7, 11) is 9.79. The molecule has 0 amide bonds. The predicted molar refractivity (Wildman–Crippen MR) is 175 cm³/mol. The highest BCUT2D eigenvalue weighted by Gasteiger charge is 2.29. The minimum atomic E-state index is -0.714. The first-order valence-corrected chi connectivity index (χ1v) is 15.2. The first-order chi connectivity index (χ1) is 21.4. The standard InChI is InChI=1S/C33H41N9O3/c1-19-29-21(16-23(35-19)22-18-34-13-10-26(22)44-9)27(38-42(29)32(43)45-33(2,3)4)24-17-25-28(31(36-24)39(5)6)37-30(41(25)8)20-11-14-40(7)15-12-20/h10,13,16-18,20H,11-12,14-15H2,1-9H3. The Hall–Kier alpha value is -4.58. The second-order valence-corrected chi connectivity index (χ2v) is 13.0. The van der Waals surface area contributed by atoms with E-state index >= 15 is 0 Å². The molecular formula is C33H41N9O3. The Morgan fingerprint density at radius 2 is 1.78 bits per heavy atom. The molecule has 0 spiro atoms. The van der Waals surface area contributed by atoms with E-state index in [-0.39, 0.29) is 0 Å². The number of nitrogens with zero attached hydrogens (tertiary/aromatic N) is 9. The Bertz CT molecular complexity index is 1910. The van der Waals surface area contributed by atoms with E-state index in [1.807, 2.05) is 58.8 Å². The van der Waals surface area contributed by atoms with Gasteiger partial charge in [-0.15, -0.1) is 0 Å². The van der Waals surface area contributed by atoms with Gasteiger partial charge in [-0.25, -0.2) is 14.8 Å². The summed E-state index contributed by atoms with van der Waals surface area (Å²) in [6.45, 7) is 9.44. The molecule has 0 aromatic carbocycles. The third-order valence-electron chi connectivity index (χ3n) is 8.31.